The van der Waals surface area contributed by atoms with Crippen LogP contribution in [0.15, 0.2) is 257 Å². The van der Waals surface area contributed by atoms with Crippen molar-refractivity contribution < 1.29 is 4.42 Å². The van der Waals surface area contributed by atoms with Gasteiger partial charge in [0, 0.05) is 27.8 Å². The van der Waals surface area contributed by atoms with Gasteiger partial charge in [-0.2, -0.15) is 0 Å². The van der Waals surface area contributed by atoms with Crippen molar-refractivity contribution in [2.75, 3.05) is 0 Å². The zero-order valence-electron chi connectivity index (χ0n) is 36.8. The van der Waals surface area contributed by atoms with E-state index in [1.807, 2.05) is 36.4 Å². The summed E-state index contributed by atoms with van der Waals surface area (Å²) in [6.45, 7) is 0. The number of para-hydroxylation sites is 1. The van der Waals surface area contributed by atoms with Crippen LogP contribution in [-0.2, 0) is 0 Å². The van der Waals surface area contributed by atoms with Crippen LogP contribution < -0.4 is 5.32 Å². The molecule has 0 bridgehead atoms. The van der Waals surface area contributed by atoms with Gasteiger partial charge in [0.05, 0.1) is 0 Å². The molecule has 12 rings (SSSR count). The molecule has 0 spiro atoms. The standard InChI is InChI=1S/C63H45N3O/c1-6-18-44(19-7-1)54-41-55(59(47-22-10-3-11-23-47)60(48-24-12-4-13-25-48)58(54)46-20-8-2-9-21-46)45-34-30-42(31-35-45)43-32-36-50(37-33-43)62-64-61(49-26-14-5-15-27-49)65-63(66-62)51-38-39-53-52-28-16-17-29-56(52)67-57(53)40-51/h1-36,38-41,50,62H,37H2,(H,64,65,66). The second-order valence-electron chi connectivity index (χ2n) is 17.2. The van der Waals surface area contributed by atoms with Gasteiger partial charge in [-0.25, -0.2) is 9.98 Å². The van der Waals surface area contributed by atoms with Gasteiger partial charge in [0.1, 0.15) is 23.2 Å². The Balaban J connectivity index is 0.896. The Morgan fingerprint density at radius 3 is 1.51 bits per heavy atom. The van der Waals surface area contributed by atoms with Crippen molar-refractivity contribution in [2.24, 2.45) is 15.9 Å². The van der Waals surface area contributed by atoms with E-state index >= 15 is 0 Å². The van der Waals surface area contributed by atoms with Crippen LogP contribution in [0.3, 0.4) is 0 Å². The number of hydrogen-bond acceptors (Lipinski definition) is 4. The van der Waals surface area contributed by atoms with Crippen molar-refractivity contribution in [3.63, 3.8) is 0 Å². The highest BCUT2D eigenvalue weighted by atomic mass is 16.3. The Hall–Kier alpha value is -8.60. The lowest BCUT2D eigenvalue weighted by molar-refractivity contribution is 0.476. The number of aliphatic imine (C=N–C) groups is 2. The molecule has 0 saturated heterocycles. The molecule has 0 amide bonds. The van der Waals surface area contributed by atoms with E-state index in [2.05, 4.69) is 212 Å². The monoisotopic (exact) mass is 859 g/mol. The van der Waals surface area contributed by atoms with Crippen LogP contribution >= 0.6 is 0 Å². The Bertz CT molecular complexity index is 3540. The normalized spacial score (nSPS) is 15.7. The molecule has 4 heteroatoms. The van der Waals surface area contributed by atoms with Crippen molar-refractivity contribution in [3.8, 4) is 55.6 Å². The molecule has 2 unspecified atom stereocenters. The van der Waals surface area contributed by atoms with E-state index in [1.165, 1.54) is 61.2 Å². The molecule has 318 valence electrons. The summed E-state index contributed by atoms with van der Waals surface area (Å²) in [5, 5.41) is 5.93. The Kier molecular flexibility index (Phi) is 10.4. The van der Waals surface area contributed by atoms with Crippen LogP contribution in [0.5, 0.6) is 0 Å². The van der Waals surface area contributed by atoms with Crippen LogP contribution in [0.4, 0.5) is 0 Å². The van der Waals surface area contributed by atoms with Gasteiger partial charge in [-0.3, -0.25) is 0 Å². The first kappa shape index (κ1) is 40.0. The number of furan rings is 1. The lowest BCUT2D eigenvalue weighted by Crippen LogP contribution is -2.43. The maximum atomic E-state index is 6.29. The summed E-state index contributed by atoms with van der Waals surface area (Å²) in [6.07, 6.45) is 7.55. The summed E-state index contributed by atoms with van der Waals surface area (Å²) >= 11 is 0. The molecule has 4 nitrogen and oxygen atoms in total. The molecule has 0 radical (unpaired) electrons. The molecule has 0 saturated carbocycles. The fourth-order valence-electron chi connectivity index (χ4n) is 9.81. The fourth-order valence-corrected chi connectivity index (χ4v) is 9.81. The van der Waals surface area contributed by atoms with Crippen LogP contribution in [0.1, 0.15) is 23.1 Å². The molecule has 1 N–H and O–H groups in total. The molecule has 1 aromatic heterocycles. The third-order valence-electron chi connectivity index (χ3n) is 13.1. The first-order valence-electron chi connectivity index (χ1n) is 23.0. The number of benzene rings is 9. The van der Waals surface area contributed by atoms with Crippen molar-refractivity contribution in [1.29, 1.82) is 0 Å². The van der Waals surface area contributed by atoms with Gasteiger partial charge >= 0.3 is 0 Å². The summed E-state index contributed by atoms with van der Waals surface area (Å²) in [5.41, 5.74) is 18.0. The van der Waals surface area contributed by atoms with E-state index in [-0.39, 0.29) is 12.1 Å². The van der Waals surface area contributed by atoms with Crippen molar-refractivity contribution in [1.82, 2.24) is 5.32 Å². The number of hydrogen-bond donors (Lipinski definition) is 1. The van der Waals surface area contributed by atoms with Gasteiger partial charge < -0.3 is 9.73 Å². The molecule has 2 heterocycles. The molecule has 10 aromatic rings. The van der Waals surface area contributed by atoms with Crippen LogP contribution in [0, 0.1) is 5.92 Å². The molecule has 67 heavy (non-hydrogen) atoms. The van der Waals surface area contributed by atoms with Gasteiger partial charge in [0.25, 0.3) is 0 Å². The van der Waals surface area contributed by atoms with Crippen LogP contribution in [0.2, 0.25) is 0 Å². The first-order chi connectivity index (χ1) is 33.2. The minimum Gasteiger partial charge on any atom is -0.456 e. The predicted octanol–water partition coefficient (Wildman–Crippen LogP) is 15.7. The Morgan fingerprint density at radius 2 is 0.910 bits per heavy atom. The number of rotatable bonds is 9. The third-order valence-corrected chi connectivity index (χ3v) is 13.1. The van der Waals surface area contributed by atoms with E-state index in [9.17, 15) is 0 Å². The summed E-state index contributed by atoms with van der Waals surface area (Å²) in [4.78, 5) is 10.3. The van der Waals surface area contributed by atoms with Crippen molar-refractivity contribution >= 4 is 39.2 Å². The maximum absolute atomic E-state index is 6.29. The van der Waals surface area contributed by atoms with Gasteiger partial charge in [-0.1, -0.05) is 218 Å². The number of fused-ring (bicyclic) bond motifs is 3. The van der Waals surface area contributed by atoms with Crippen molar-refractivity contribution in [3.05, 3.63) is 259 Å². The average molecular weight is 860 g/mol. The summed E-state index contributed by atoms with van der Waals surface area (Å²) < 4.78 is 6.29. The van der Waals surface area contributed by atoms with Gasteiger partial charge in [0.2, 0.25) is 0 Å². The molecule has 2 atom stereocenters. The summed E-state index contributed by atoms with van der Waals surface area (Å²) in [5.74, 6) is 1.63. The quantitative estimate of drug-likeness (QED) is 0.157. The topological polar surface area (TPSA) is 49.9 Å². The number of allylic oxidation sites excluding steroid dienone is 3. The fraction of sp³-hybridized carbons (Fsp3) is 0.0476. The smallest absolute Gasteiger partial charge is 0.159 e. The number of nitrogens with zero attached hydrogens (tertiary/aromatic N) is 2. The number of nitrogens with one attached hydrogen (secondary N) is 1. The highest BCUT2D eigenvalue weighted by molar-refractivity contribution is 6.15. The molecular weight excluding hydrogens is 815 g/mol. The van der Waals surface area contributed by atoms with E-state index < -0.39 is 0 Å². The molecule has 2 aliphatic rings. The lowest BCUT2D eigenvalue weighted by Gasteiger charge is -2.29. The highest BCUT2D eigenvalue weighted by Gasteiger charge is 2.28. The summed E-state index contributed by atoms with van der Waals surface area (Å²) in [7, 11) is 0. The molecular formula is C63H45N3O. The minimum absolute atomic E-state index is 0.117. The van der Waals surface area contributed by atoms with E-state index in [0.29, 0.717) is 0 Å². The largest absolute Gasteiger partial charge is 0.456 e. The first-order valence-corrected chi connectivity index (χ1v) is 23.0. The predicted molar refractivity (Wildman–Crippen MR) is 279 cm³/mol. The lowest BCUT2D eigenvalue weighted by atomic mass is 9.79. The van der Waals surface area contributed by atoms with E-state index in [0.717, 1.165) is 56.7 Å². The number of amidine groups is 2. The minimum atomic E-state index is -0.210. The van der Waals surface area contributed by atoms with Crippen molar-refractivity contribution in [2.45, 2.75) is 12.6 Å². The van der Waals surface area contributed by atoms with Crippen LogP contribution in [0.25, 0.3) is 83.1 Å². The maximum Gasteiger partial charge on any atom is 0.159 e. The van der Waals surface area contributed by atoms with Gasteiger partial charge in [-0.15, -0.1) is 0 Å². The second kappa shape index (κ2) is 17.4. The Morgan fingerprint density at radius 1 is 0.418 bits per heavy atom. The zero-order valence-corrected chi connectivity index (χ0v) is 36.8. The highest BCUT2D eigenvalue weighted by Crippen LogP contribution is 2.50. The molecule has 9 aromatic carbocycles. The average Bonchev–Trinajstić information content (AvgIpc) is 3.79. The molecule has 0 fully saturated rings. The van der Waals surface area contributed by atoms with Gasteiger partial charge in [-0.05, 0) is 97.5 Å². The molecule has 1 aliphatic heterocycles. The summed E-state index contributed by atoms with van der Waals surface area (Å²) in [6, 6.07) is 79.8. The van der Waals surface area contributed by atoms with Crippen LogP contribution in [-0.4, -0.2) is 17.8 Å². The zero-order chi connectivity index (χ0) is 44.5. The second-order valence-corrected chi connectivity index (χ2v) is 17.2. The Labute approximate surface area is 390 Å². The third kappa shape index (κ3) is 7.69. The van der Waals surface area contributed by atoms with E-state index in [1.54, 1.807) is 0 Å². The van der Waals surface area contributed by atoms with Gasteiger partial charge in [0.15, 0.2) is 5.84 Å². The SMILES string of the molecule is C1=CC(C2N=C(c3ccccc3)N=C(c3ccc4c(c3)oc3ccccc34)N2)CC=C1c1ccc(-c2cc(-c3ccccc3)c(-c3ccccc3)c(-c3ccccc3)c2-c2ccccc2)cc1. The molecule has 1 aliphatic carbocycles. The van der Waals surface area contributed by atoms with E-state index in [4.69, 9.17) is 14.4 Å².